The van der Waals surface area contributed by atoms with Crippen molar-refractivity contribution < 1.29 is 0 Å². The molecule has 0 spiro atoms. The molecule has 10 radical (unpaired) electrons. The minimum Gasteiger partial charge on any atom is -0.0755 e. The van der Waals surface area contributed by atoms with Crippen LogP contribution in [0.25, 0.3) is 0 Å². The highest BCUT2D eigenvalue weighted by molar-refractivity contribution is 5.83. The van der Waals surface area contributed by atoms with E-state index >= 15 is 0 Å². The Morgan fingerprint density at radius 1 is 0.515 bits per heavy atom. The fourth-order valence-corrected chi connectivity index (χ4v) is 5.54. The van der Waals surface area contributed by atoms with Crippen molar-refractivity contribution in [2.45, 2.75) is 76.2 Å². The first-order chi connectivity index (χ1) is 15.0. The molecule has 0 saturated heterocycles. The second-order valence-corrected chi connectivity index (χ2v) is 13.6. The van der Waals surface area contributed by atoms with Gasteiger partial charge in [-0.3, -0.25) is 0 Å². The van der Waals surface area contributed by atoms with Crippen LogP contribution in [0.2, 0.25) is 0 Å². The van der Waals surface area contributed by atoms with Gasteiger partial charge in [-0.25, -0.2) is 0 Å². The third-order valence-corrected chi connectivity index (χ3v) is 7.50. The Morgan fingerprint density at radius 2 is 0.939 bits per heavy atom. The van der Waals surface area contributed by atoms with Crippen LogP contribution in [0.5, 0.6) is 0 Å². The van der Waals surface area contributed by atoms with Crippen molar-refractivity contribution in [3.8, 4) is 0 Å². The van der Waals surface area contributed by atoms with Gasteiger partial charge in [0.15, 0.2) is 0 Å². The predicted molar refractivity (Wildman–Crippen MR) is 142 cm³/mol. The van der Waals surface area contributed by atoms with Gasteiger partial charge in [-0.2, -0.15) is 0 Å². The molecule has 4 aliphatic rings. The predicted octanol–water partition coefficient (Wildman–Crippen LogP) is 8.80. The van der Waals surface area contributed by atoms with Gasteiger partial charge >= 0.3 is 0 Å². The first-order valence-corrected chi connectivity index (χ1v) is 12.5. The zero-order chi connectivity index (χ0) is 24.6. The fraction of sp³-hybridized carbons (Fsp3) is 0.455. The highest BCUT2D eigenvalue weighted by Crippen LogP contribution is 2.71. The largest absolute Gasteiger partial charge is 0.0755 e. The lowest BCUT2D eigenvalue weighted by Gasteiger charge is -2.47. The van der Waals surface area contributed by atoms with Gasteiger partial charge in [0.25, 0.3) is 0 Å². The number of allylic oxidation sites excluding steroid dienone is 8. The first-order valence-electron chi connectivity index (χ1n) is 12.5. The molecular weight excluding hydrogens is 396 g/mol. The number of hydrogen-bond donors (Lipinski definition) is 0. The maximum absolute atomic E-state index is 2.45. The molecule has 0 aromatic heterocycles. The van der Waals surface area contributed by atoms with E-state index in [1.165, 1.54) is 52.6 Å². The minimum absolute atomic E-state index is 0.0687. The molecule has 4 aliphatic carbocycles. The molecule has 0 aromatic carbocycles. The van der Waals surface area contributed by atoms with Crippen LogP contribution in [0.4, 0.5) is 0 Å². The number of hydrogen-bond acceptors (Lipinski definition) is 0. The van der Waals surface area contributed by atoms with Crippen LogP contribution in [0.1, 0.15) is 76.2 Å². The van der Waals surface area contributed by atoms with Gasteiger partial charge in [0.05, 0.1) is 0 Å². The summed E-state index contributed by atoms with van der Waals surface area (Å²) in [5, 5.41) is 0. The molecule has 0 unspecified atom stereocenters. The van der Waals surface area contributed by atoms with Crippen molar-refractivity contribution in [1.29, 1.82) is 0 Å². The van der Waals surface area contributed by atoms with E-state index in [1.54, 1.807) is 0 Å². The lowest BCUT2D eigenvalue weighted by Crippen LogP contribution is -2.38. The van der Waals surface area contributed by atoms with Crippen molar-refractivity contribution in [2.24, 2.45) is 21.7 Å². The maximum Gasteiger partial charge on any atom is 0.0215 e. The molecule has 174 valence electrons. The zero-order valence-electron chi connectivity index (χ0n) is 22.7. The van der Waals surface area contributed by atoms with E-state index in [0.717, 1.165) is 0 Å². The molecule has 0 nitrogen and oxygen atoms in total. The lowest BCUT2D eigenvalue weighted by molar-refractivity contribution is 0.400. The quantitative estimate of drug-likeness (QED) is 0.404. The summed E-state index contributed by atoms with van der Waals surface area (Å²) in [6.45, 7) is 25.9. The zero-order valence-corrected chi connectivity index (χ0v) is 22.7. The topological polar surface area (TPSA) is 0 Å². The summed E-state index contributed by atoms with van der Waals surface area (Å²) in [6, 6.07) is 0. The van der Waals surface area contributed by atoms with Gasteiger partial charge in [-0.15, -0.1) is 0 Å². The Bertz CT molecular complexity index is 814. The molecule has 0 N–H and O–H groups in total. The van der Waals surface area contributed by atoms with E-state index in [1.807, 2.05) is 0 Å². The third-order valence-electron chi connectivity index (χ3n) is 7.50. The second kappa shape index (κ2) is 7.99. The second-order valence-electron chi connectivity index (χ2n) is 13.6. The number of rotatable bonds is 2. The summed E-state index contributed by atoms with van der Waals surface area (Å²) in [4.78, 5) is 0. The summed E-state index contributed by atoms with van der Waals surface area (Å²) in [5.41, 5.74) is 3.06. The average molecular weight is 439 g/mol. The van der Waals surface area contributed by atoms with Gasteiger partial charge in [0, 0.05) is 29.6 Å². The molecule has 0 atom stereocenters. The van der Waals surface area contributed by atoms with E-state index in [0.29, 0.717) is 0 Å². The van der Waals surface area contributed by atoms with Gasteiger partial charge < -0.3 is 0 Å². The highest BCUT2D eigenvalue weighted by Gasteiger charge is 2.62. The standard InChI is InChI=1S/C33H42/c1-30(2,3)21-18-19-22(20-21)33(10,11)29-27-23(14-12-16-25(27)31(4,5)6)24-15-13-17-26(28(24)29)32(7,8)9/h12-20H,1-11H3. The molecular formula is C33H42. The molecule has 0 amide bonds. The highest BCUT2D eigenvalue weighted by atomic mass is 14.6. The molecule has 0 heterocycles. The summed E-state index contributed by atoms with van der Waals surface area (Å²) < 4.78 is 0. The van der Waals surface area contributed by atoms with Gasteiger partial charge in [0.1, 0.15) is 0 Å². The normalized spacial score (nSPS) is 25.5. The molecule has 0 heteroatoms. The van der Waals surface area contributed by atoms with Crippen molar-refractivity contribution in [1.82, 2.24) is 0 Å². The first kappa shape index (κ1) is 25.1. The van der Waals surface area contributed by atoms with Crippen LogP contribution in [0, 0.1) is 82.3 Å². The van der Waals surface area contributed by atoms with E-state index in [-0.39, 0.29) is 21.7 Å². The van der Waals surface area contributed by atoms with Crippen LogP contribution in [-0.4, -0.2) is 0 Å². The van der Waals surface area contributed by atoms with Crippen LogP contribution in [-0.2, 0) is 0 Å². The number of fused-ring (bicyclic) bond motifs is 3. The van der Waals surface area contributed by atoms with E-state index in [2.05, 4.69) is 132 Å². The van der Waals surface area contributed by atoms with Crippen LogP contribution >= 0.6 is 0 Å². The molecule has 33 heavy (non-hydrogen) atoms. The summed E-state index contributed by atoms with van der Waals surface area (Å²) in [6.07, 6.45) is 21.0. The molecule has 0 aliphatic heterocycles. The maximum atomic E-state index is 2.45. The summed E-state index contributed by atoms with van der Waals surface area (Å²) in [5.74, 6) is 10.0. The summed E-state index contributed by atoms with van der Waals surface area (Å²) in [7, 11) is 0. The third kappa shape index (κ3) is 4.27. The van der Waals surface area contributed by atoms with Gasteiger partial charge in [-0.1, -0.05) is 124 Å². The molecule has 0 bridgehead atoms. The Kier molecular flexibility index (Phi) is 6.07. The molecule has 2 saturated carbocycles. The summed E-state index contributed by atoms with van der Waals surface area (Å²) >= 11 is 0. The van der Waals surface area contributed by atoms with Crippen molar-refractivity contribution in [3.63, 3.8) is 0 Å². The van der Waals surface area contributed by atoms with Crippen LogP contribution in [0.15, 0.2) is 47.6 Å². The lowest BCUT2D eigenvalue weighted by atomic mass is 9.55. The Labute approximate surface area is 206 Å². The van der Waals surface area contributed by atoms with E-state index in [4.69, 9.17) is 0 Å². The molecule has 2 fully saturated rings. The van der Waals surface area contributed by atoms with Crippen molar-refractivity contribution in [3.05, 3.63) is 108 Å². The van der Waals surface area contributed by atoms with Gasteiger partial charge in [0.2, 0.25) is 0 Å². The van der Waals surface area contributed by atoms with Crippen LogP contribution in [0.3, 0.4) is 0 Å². The smallest absolute Gasteiger partial charge is 0.0215 e. The van der Waals surface area contributed by atoms with Crippen LogP contribution < -0.4 is 0 Å². The van der Waals surface area contributed by atoms with Crippen molar-refractivity contribution in [2.75, 3.05) is 0 Å². The monoisotopic (exact) mass is 438 g/mol. The van der Waals surface area contributed by atoms with Gasteiger partial charge in [-0.05, 0) is 52.8 Å². The SMILES string of the molecule is CC(C)(C)[C]1[CH][CH][C](C(C)(C)[C]2[C]3[C](C=CC=C3C(C)(C)C)[C]3C=CC=C(C(C)(C)C)[C]32)[CH]1. The Morgan fingerprint density at radius 3 is 1.30 bits per heavy atom. The average Bonchev–Trinajstić information content (AvgIpc) is 3.30. The molecule has 0 aromatic rings. The Balaban J connectivity index is 1.82. The van der Waals surface area contributed by atoms with E-state index in [9.17, 15) is 0 Å². The Hall–Kier alpha value is -1.04. The van der Waals surface area contributed by atoms with E-state index < -0.39 is 0 Å². The van der Waals surface area contributed by atoms with Crippen molar-refractivity contribution >= 4 is 0 Å². The molecule has 4 rings (SSSR count). The minimum atomic E-state index is -0.119. The fourth-order valence-electron chi connectivity index (χ4n) is 5.54.